The molecule has 1 N–H and O–H groups in total. The number of ether oxygens (including phenoxy) is 1. The molecule has 0 aliphatic rings. The van der Waals surface area contributed by atoms with Crippen LogP contribution in [-0.2, 0) is 0 Å². The number of carbonyl (C=O) groups is 1. The van der Waals surface area contributed by atoms with Gasteiger partial charge in [-0.15, -0.1) is 6.58 Å². The first kappa shape index (κ1) is 13.3. The summed E-state index contributed by atoms with van der Waals surface area (Å²) in [5.41, 5.74) is 0.632. The Kier molecular flexibility index (Phi) is 5.86. The summed E-state index contributed by atoms with van der Waals surface area (Å²) in [5.74, 6) is 0.668. The molecule has 0 spiro atoms. The second-order valence-corrected chi connectivity index (χ2v) is 3.67. The molecule has 1 rings (SSSR count). The lowest BCUT2D eigenvalue weighted by molar-refractivity contribution is 0.0955. The lowest BCUT2D eigenvalue weighted by Crippen LogP contribution is -2.22. The van der Waals surface area contributed by atoms with Crippen molar-refractivity contribution in [1.82, 2.24) is 5.32 Å². The van der Waals surface area contributed by atoms with Crippen LogP contribution in [0, 0.1) is 0 Å². The van der Waals surface area contributed by atoms with Crippen LogP contribution in [0.3, 0.4) is 0 Å². The third-order valence-corrected chi connectivity index (χ3v) is 2.25. The van der Waals surface area contributed by atoms with E-state index < -0.39 is 0 Å². The van der Waals surface area contributed by atoms with Crippen LogP contribution in [0.25, 0.3) is 0 Å². The molecule has 17 heavy (non-hydrogen) atoms. The summed E-state index contributed by atoms with van der Waals surface area (Å²) >= 11 is 0. The van der Waals surface area contributed by atoms with Crippen LogP contribution in [0.5, 0.6) is 5.75 Å². The SMILES string of the molecule is C=CCCCOc1cccc(C(=O)NCC)c1. The highest BCUT2D eigenvalue weighted by Crippen LogP contribution is 2.13. The van der Waals surface area contributed by atoms with Gasteiger partial charge in [0.05, 0.1) is 6.61 Å². The average molecular weight is 233 g/mol. The Labute approximate surface area is 102 Å². The van der Waals surface area contributed by atoms with Crippen LogP contribution in [0.15, 0.2) is 36.9 Å². The van der Waals surface area contributed by atoms with E-state index in [1.807, 2.05) is 25.1 Å². The van der Waals surface area contributed by atoms with Gasteiger partial charge in [-0.25, -0.2) is 0 Å². The third-order valence-electron chi connectivity index (χ3n) is 2.25. The molecule has 0 atom stereocenters. The van der Waals surface area contributed by atoms with Gasteiger partial charge >= 0.3 is 0 Å². The fraction of sp³-hybridized carbons (Fsp3) is 0.357. The summed E-state index contributed by atoms with van der Waals surface area (Å²) < 4.78 is 5.55. The summed E-state index contributed by atoms with van der Waals surface area (Å²) in [6, 6.07) is 7.23. The highest BCUT2D eigenvalue weighted by molar-refractivity contribution is 5.94. The van der Waals surface area contributed by atoms with E-state index in [1.165, 1.54) is 0 Å². The number of rotatable bonds is 7. The van der Waals surface area contributed by atoms with Crippen molar-refractivity contribution in [3.63, 3.8) is 0 Å². The van der Waals surface area contributed by atoms with Gasteiger partial charge in [0.15, 0.2) is 0 Å². The minimum Gasteiger partial charge on any atom is -0.494 e. The van der Waals surface area contributed by atoms with Crippen LogP contribution < -0.4 is 10.1 Å². The van der Waals surface area contributed by atoms with E-state index in [-0.39, 0.29) is 5.91 Å². The number of unbranched alkanes of at least 4 members (excludes halogenated alkanes) is 1. The molecule has 1 aromatic rings. The number of nitrogens with one attached hydrogen (secondary N) is 1. The Morgan fingerprint density at radius 1 is 1.53 bits per heavy atom. The van der Waals surface area contributed by atoms with Crippen molar-refractivity contribution in [1.29, 1.82) is 0 Å². The summed E-state index contributed by atoms with van der Waals surface area (Å²) in [4.78, 5) is 11.6. The monoisotopic (exact) mass is 233 g/mol. The molecule has 0 aliphatic heterocycles. The van der Waals surface area contributed by atoms with Crippen molar-refractivity contribution < 1.29 is 9.53 Å². The van der Waals surface area contributed by atoms with Gasteiger partial charge in [-0.1, -0.05) is 12.1 Å². The van der Waals surface area contributed by atoms with Gasteiger partial charge in [0.25, 0.3) is 5.91 Å². The minimum absolute atomic E-state index is 0.0657. The van der Waals surface area contributed by atoms with Crippen LogP contribution >= 0.6 is 0 Å². The maximum absolute atomic E-state index is 11.6. The van der Waals surface area contributed by atoms with Crippen molar-refractivity contribution in [2.75, 3.05) is 13.2 Å². The Morgan fingerprint density at radius 2 is 2.35 bits per heavy atom. The zero-order valence-electron chi connectivity index (χ0n) is 10.2. The Balaban J connectivity index is 2.53. The zero-order valence-corrected chi connectivity index (χ0v) is 10.2. The van der Waals surface area contributed by atoms with E-state index in [4.69, 9.17) is 4.74 Å². The molecular formula is C14H19NO2. The Hall–Kier alpha value is -1.77. The van der Waals surface area contributed by atoms with Crippen LogP contribution in [0.2, 0.25) is 0 Å². The fourth-order valence-corrected chi connectivity index (χ4v) is 1.41. The maximum atomic E-state index is 11.6. The molecule has 0 saturated carbocycles. The van der Waals surface area contributed by atoms with Crippen molar-refractivity contribution in [3.05, 3.63) is 42.5 Å². The summed E-state index contributed by atoms with van der Waals surface area (Å²) in [5, 5.41) is 2.76. The predicted octanol–water partition coefficient (Wildman–Crippen LogP) is 2.78. The fourth-order valence-electron chi connectivity index (χ4n) is 1.41. The van der Waals surface area contributed by atoms with Crippen LogP contribution in [0.1, 0.15) is 30.1 Å². The molecular weight excluding hydrogens is 214 g/mol. The van der Waals surface area contributed by atoms with Gasteiger partial charge in [0.2, 0.25) is 0 Å². The molecule has 0 saturated heterocycles. The Morgan fingerprint density at radius 3 is 3.06 bits per heavy atom. The van der Waals surface area contributed by atoms with Gasteiger partial charge in [-0.05, 0) is 38.0 Å². The lowest BCUT2D eigenvalue weighted by Gasteiger charge is -2.07. The number of amides is 1. The third kappa shape index (κ3) is 4.72. The molecule has 1 aromatic carbocycles. The van der Waals surface area contributed by atoms with Crippen LogP contribution in [-0.4, -0.2) is 19.1 Å². The van der Waals surface area contributed by atoms with Gasteiger partial charge in [-0.2, -0.15) is 0 Å². The van der Waals surface area contributed by atoms with E-state index in [9.17, 15) is 4.79 Å². The molecule has 0 aromatic heterocycles. The molecule has 0 unspecified atom stereocenters. The maximum Gasteiger partial charge on any atom is 0.251 e. The molecule has 0 fully saturated rings. The van der Waals surface area contributed by atoms with Gasteiger partial charge in [0.1, 0.15) is 5.75 Å². The number of allylic oxidation sites excluding steroid dienone is 1. The highest BCUT2D eigenvalue weighted by Gasteiger charge is 2.04. The van der Waals surface area contributed by atoms with E-state index in [2.05, 4.69) is 11.9 Å². The summed E-state index contributed by atoms with van der Waals surface area (Å²) in [7, 11) is 0. The topological polar surface area (TPSA) is 38.3 Å². The molecule has 3 nitrogen and oxygen atoms in total. The molecule has 0 radical (unpaired) electrons. The standard InChI is InChI=1S/C14H19NO2/c1-3-5-6-10-17-13-9-7-8-12(11-13)14(16)15-4-2/h3,7-9,11H,1,4-6,10H2,2H3,(H,15,16). The van der Waals surface area contributed by atoms with Gasteiger partial charge in [0, 0.05) is 12.1 Å². The largest absolute Gasteiger partial charge is 0.494 e. The second kappa shape index (κ2) is 7.49. The number of carbonyl (C=O) groups excluding carboxylic acids is 1. The number of benzene rings is 1. The highest BCUT2D eigenvalue weighted by atomic mass is 16.5. The minimum atomic E-state index is -0.0657. The van der Waals surface area contributed by atoms with Crippen molar-refractivity contribution >= 4 is 5.91 Å². The number of hydrogen-bond acceptors (Lipinski definition) is 2. The predicted molar refractivity (Wildman–Crippen MR) is 69.4 cm³/mol. The average Bonchev–Trinajstić information content (AvgIpc) is 2.35. The van der Waals surface area contributed by atoms with Crippen molar-refractivity contribution in [2.45, 2.75) is 19.8 Å². The second-order valence-electron chi connectivity index (χ2n) is 3.67. The van der Waals surface area contributed by atoms with Crippen molar-refractivity contribution in [2.24, 2.45) is 0 Å². The number of hydrogen-bond donors (Lipinski definition) is 1. The van der Waals surface area contributed by atoms with Crippen molar-refractivity contribution in [3.8, 4) is 5.75 Å². The van der Waals surface area contributed by atoms with E-state index >= 15 is 0 Å². The molecule has 0 bridgehead atoms. The van der Waals surface area contributed by atoms with Gasteiger partial charge < -0.3 is 10.1 Å². The zero-order chi connectivity index (χ0) is 12.5. The first-order valence-corrected chi connectivity index (χ1v) is 5.90. The smallest absolute Gasteiger partial charge is 0.251 e. The Bertz CT molecular complexity index is 374. The summed E-state index contributed by atoms with van der Waals surface area (Å²) in [6.07, 6.45) is 3.75. The van der Waals surface area contributed by atoms with E-state index in [0.29, 0.717) is 18.7 Å². The first-order chi connectivity index (χ1) is 8.27. The van der Waals surface area contributed by atoms with Crippen LogP contribution in [0.4, 0.5) is 0 Å². The lowest BCUT2D eigenvalue weighted by atomic mass is 10.2. The van der Waals surface area contributed by atoms with E-state index in [0.717, 1.165) is 18.6 Å². The normalized spacial score (nSPS) is 9.71. The molecule has 0 aliphatic carbocycles. The first-order valence-electron chi connectivity index (χ1n) is 5.90. The molecule has 92 valence electrons. The van der Waals surface area contributed by atoms with Gasteiger partial charge in [-0.3, -0.25) is 4.79 Å². The quantitative estimate of drug-likeness (QED) is 0.581. The van der Waals surface area contributed by atoms with E-state index in [1.54, 1.807) is 12.1 Å². The summed E-state index contributed by atoms with van der Waals surface area (Å²) in [6.45, 7) is 6.82. The molecule has 3 heteroatoms. The molecule has 1 amide bonds. The molecule has 0 heterocycles.